The van der Waals surface area contributed by atoms with Crippen molar-refractivity contribution < 1.29 is 4.74 Å². The third-order valence-electron chi connectivity index (χ3n) is 5.93. The highest BCUT2D eigenvalue weighted by Crippen LogP contribution is 2.54. The van der Waals surface area contributed by atoms with Crippen molar-refractivity contribution in [2.75, 3.05) is 13.7 Å². The first-order chi connectivity index (χ1) is 8.85. The van der Waals surface area contributed by atoms with Crippen LogP contribution < -0.4 is 5.32 Å². The minimum absolute atomic E-state index is 0.517. The highest BCUT2D eigenvalue weighted by atomic mass is 16.5. The summed E-state index contributed by atoms with van der Waals surface area (Å²) >= 11 is 0. The van der Waals surface area contributed by atoms with Crippen LogP contribution in [0.25, 0.3) is 0 Å². The van der Waals surface area contributed by atoms with E-state index >= 15 is 0 Å². The second-order valence-electron chi connectivity index (χ2n) is 6.84. The smallest absolute Gasteiger partial charge is 0.0661 e. The number of hydrogen-bond donors (Lipinski definition) is 1. The molecule has 2 nitrogen and oxygen atoms in total. The Morgan fingerprint density at radius 2 is 1.78 bits per heavy atom. The maximum absolute atomic E-state index is 6.35. The Balaban J connectivity index is 1.50. The molecule has 3 aliphatic carbocycles. The van der Waals surface area contributed by atoms with E-state index in [9.17, 15) is 0 Å². The van der Waals surface area contributed by atoms with Gasteiger partial charge in [0.25, 0.3) is 0 Å². The summed E-state index contributed by atoms with van der Waals surface area (Å²) in [5, 5.41) is 3.52. The molecule has 1 spiro atoms. The molecule has 0 aromatic rings. The molecule has 0 aromatic carbocycles. The van der Waals surface area contributed by atoms with Crippen LogP contribution in [0.1, 0.15) is 64.2 Å². The lowest BCUT2D eigenvalue weighted by Crippen LogP contribution is -2.62. The molecule has 0 aromatic heterocycles. The van der Waals surface area contributed by atoms with E-state index in [0.717, 1.165) is 18.6 Å². The summed E-state index contributed by atoms with van der Waals surface area (Å²) in [6, 6.07) is 0.733. The molecule has 1 N–H and O–H groups in total. The summed E-state index contributed by atoms with van der Waals surface area (Å²) in [7, 11) is 2.13. The minimum Gasteiger partial charge on any atom is -0.377 e. The molecule has 0 aliphatic heterocycles. The van der Waals surface area contributed by atoms with Crippen molar-refractivity contribution in [2.45, 2.75) is 76.4 Å². The topological polar surface area (TPSA) is 21.3 Å². The predicted octanol–water partition coefficient (Wildman–Crippen LogP) is 3.50. The fraction of sp³-hybridized carbons (Fsp3) is 1.00. The van der Waals surface area contributed by atoms with Crippen molar-refractivity contribution in [1.82, 2.24) is 5.32 Å². The van der Waals surface area contributed by atoms with E-state index in [0.29, 0.717) is 11.5 Å². The average molecular weight is 251 g/mol. The molecule has 0 heterocycles. The van der Waals surface area contributed by atoms with E-state index in [1.54, 1.807) is 0 Å². The standard InChI is InChI=1S/C16H29NO/c1-17-14-11-15(16(14)9-5-6-10-16)18-12-13-7-3-2-4-8-13/h13-15,17H,2-12H2,1H3. The van der Waals surface area contributed by atoms with Crippen LogP contribution in [-0.2, 0) is 4.74 Å². The summed E-state index contributed by atoms with van der Waals surface area (Å²) in [5.74, 6) is 0.867. The third kappa shape index (κ3) is 2.22. The molecule has 3 fully saturated rings. The van der Waals surface area contributed by atoms with Crippen LogP contribution in [0.4, 0.5) is 0 Å². The Labute approximate surface area is 112 Å². The van der Waals surface area contributed by atoms with Crippen molar-refractivity contribution >= 4 is 0 Å². The van der Waals surface area contributed by atoms with Gasteiger partial charge in [0.2, 0.25) is 0 Å². The molecule has 2 unspecified atom stereocenters. The first kappa shape index (κ1) is 12.9. The number of hydrogen-bond acceptors (Lipinski definition) is 2. The summed E-state index contributed by atoms with van der Waals surface area (Å²) in [5.41, 5.74) is 0.517. The van der Waals surface area contributed by atoms with Crippen molar-refractivity contribution in [1.29, 1.82) is 0 Å². The zero-order valence-electron chi connectivity index (χ0n) is 11.9. The predicted molar refractivity (Wildman–Crippen MR) is 74.7 cm³/mol. The molecule has 18 heavy (non-hydrogen) atoms. The van der Waals surface area contributed by atoms with Gasteiger partial charge in [-0.3, -0.25) is 0 Å². The molecule has 0 radical (unpaired) electrons. The lowest BCUT2D eigenvalue weighted by atomic mass is 9.60. The normalized spacial score (nSPS) is 35.8. The maximum Gasteiger partial charge on any atom is 0.0661 e. The van der Waals surface area contributed by atoms with Crippen molar-refractivity contribution in [2.24, 2.45) is 11.3 Å². The first-order valence-corrected chi connectivity index (χ1v) is 8.14. The van der Waals surface area contributed by atoms with Gasteiger partial charge in [0.1, 0.15) is 0 Å². The van der Waals surface area contributed by atoms with Gasteiger partial charge in [-0.05, 0) is 45.1 Å². The largest absolute Gasteiger partial charge is 0.377 e. The van der Waals surface area contributed by atoms with Crippen LogP contribution in [0.3, 0.4) is 0 Å². The van der Waals surface area contributed by atoms with Crippen LogP contribution in [0, 0.1) is 11.3 Å². The van der Waals surface area contributed by atoms with Gasteiger partial charge < -0.3 is 10.1 Å². The molecule has 3 aliphatic rings. The SMILES string of the molecule is CNC1CC(OCC2CCCCC2)C12CCCC2. The van der Waals surface area contributed by atoms with E-state index in [2.05, 4.69) is 12.4 Å². The minimum atomic E-state index is 0.517. The highest BCUT2D eigenvalue weighted by molar-refractivity contribution is 5.09. The second-order valence-corrected chi connectivity index (χ2v) is 6.84. The van der Waals surface area contributed by atoms with Crippen molar-refractivity contribution in [3.63, 3.8) is 0 Å². The number of ether oxygens (including phenoxy) is 1. The molecule has 104 valence electrons. The highest BCUT2D eigenvalue weighted by Gasteiger charge is 2.56. The lowest BCUT2D eigenvalue weighted by Gasteiger charge is -2.54. The number of rotatable bonds is 4. The number of nitrogens with one attached hydrogen (secondary N) is 1. The maximum atomic E-state index is 6.35. The summed E-state index contributed by atoms with van der Waals surface area (Å²) in [6.07, 6.45) is 14.6. The van der Waals surface area contributed by atoms with Gasteiger partial charge in [0.05, 0.1) is 6.10 Å². The van der Waals surface area contributed by atoms with E-state index in [1.807, 2.05) is 0 Å². The molecular formula is C16H29NO. The molecule has 0 amide bonds. The summed E-state index contributed by atoms with van der Waals surface area (Å²) < 4.78 is 6.35. The van der Waals surface area contributed by atoms with Crippen molar-refractivity contribution in [3.05, 3.63) is 0 Å². The molecule has 3 saturated carbocycles. The Morgan fingerprint density at radius 1 is 1.06 bits per heavy atom. The van der Waals surface area contributed by atoms with Crippen LogP contribution in [0.2, 0.25) is 0 Å². The van der Waals surface area contributed by atoms with Crippen LogP contribution in [0.5, 0.6) is 0 Å². The van der Waals surface area contributed by atoms with E-state index in [-0.39, 0.29) is 0 Å². The van der Waals surface area contributed by atoms with Gasteiger partial charge in [-0.2, -0.15) is 0 Å². The second kappa shape index (κ2) is 5.50. The average Bonchev–Trinajstić information content (AvgIpc) is 2.91. The van der Waals surface area contributed by atoms with E-state index in [4.69, 9.17) is 4.74 Å². The lowest BCUT2D eigenvalue weighted by molar-refractivity contribution is -0.140. The molecule has 0 bridgehead atoms. The van der Waals surface area contributed by atoms with Gasteiger partial charge in [-0.15, -0.1) is 0 Å². The zero-order chi connectivity index (χ0) is 12.4. The van der Waals surface area contributed by atoms with Crippen LogP contribution in [0.15, 0.2) is 0 Å². The fourth-order valence-corrected chi connectivity index (χ4v) is 4.70. The Kier molecular flexibility index (Phi) is 3.95. The van der Waals surface area contributed by atoms with Crippen LogP contribution >= 0.6 is 0 Å². The monoisotopic (exact) mass is 251 g/mol. The summed E-state index contributed by atoms with van der Waals surface area (Å²) in [4.78, 5) is 0. The van der Waals surface area contributed by atoms with Crippen LogP contribution in [-0.4, -0.2) is 25.8 Å². The molecule has 2 atom stereocenters. The van der Waals surface area contributed by atoms with Gasteiger partial charge >= 0.3 is 0 Å². The van der Waals surface area contributed by atoms with Gasteiger partial charge in [-0.1, -0.05) is 32.1 Å². The van der Waals surface area contributed by atoms with Gasteiger partial charge in [0, 0.05) is 18.1 Å². The molecular weight excluding hydrogens is 222 g/mol. The van der Waals surface area contributed by atoms with Gasteiger partial charge in [0.15, 0.2) is 0 Å². The fourth-order valence-electron chi connectivity index (χ4n) is 4.70. The molecule has 0 saturated heterocycles. The van der Waals surface area contributed by atoms with E-state index in [1.165, 1.54) is 64.2 Å². The molecule has 2 heteroatoms. The zero-order valence-corrected chi connectivity index (χ0v) is 11.9. The summed E-state index contributed by atoms with van der Waals surface area (Å²) in [6.45, 7) is 1.04. The Morgan fingerprint density at radius 3 is 2.44 bits per heavy atom. The molecule has 3 rings (SSSR count). The Bertz CT molecular complexity index is 266. The van der Waals surface area contributed by atoms with Gasteiger partial charge in [-0.25, -0.2) is 0 Å². The Hall–Kier alpha value is -0.0800. The third-order valence-corrected chi connectivity index (χ3v) is 5.93. The van der Waals surface area contributed by atoms with Crippen molar-refractivity contribution in [3.8, 4) is 0 Å². The van der Waals surface area contributed by atoms with E-state index < -0.39 is 0 Å². The quantitative estimate of drug-likeness (QED) is 0.825. The first-order valence-electron chi connectivity index (χ1n) is 8.14.